The Bertz CT molecular complexity index is 1130. The van der Waals surface area contributed by atoms with E-state index < -0.39 is 5.91 Å². The van der Waals surface area contributed by atoms with Gasteiger partial charge in [0.2, 0.25) is 0 Å². The summed E-state index contributed by atoms with van der Waals surface area (Å²) in [5.74, 6) is 0.163. The molecule has 0 aliphatic carbocycles. The molecule has 0 bridgehead atoms. The van der Waals surface area contributed by atoms with Gasteiger partial charge >= 0.3 is 0 Å². The van der Waals surface area contributed by atoms with Crippen LogP contribution in [0.2, 0.25) is 0 Å². The van der Waals surface area contributed by atoms with Crippen molar-refractivity contribution in [1.82, 2.24) is 4.90 Å². The summed E-state index contributed by atoms with van der Waals surface area (Å²) >= 11 is 4.83. The number of aryl methyl sites for hydroxylation is 1. The van der Waals surface area contributed by atoms with E-state index in [1.165, 1.54) is 11.8 Å². The first-order valence-electron chi connectivity index (χ1n) is 11.0. The maximum Gasteiger partial charge on any atom is 0.266 e. The highest BCUT2D eigenvalue weighted by molar-refractivity contribution is 9.10. The maximum absolute atomic E-state index is 13.3. The van der Waals surface area contributed by atoms with Crippen molar-refractivity contribution < 1.29 is 19.1 Å². The highest BCUT2D eigenvalue weighted by Crippen LogP contribution is 2.40. The molecule has 7 nitrogen and oxygen atoms in total. The van der Waals surface area contributed by atoms with Gasteiger partial charge in [-0.15, -0.1) is 0 Å². The summed E-state index contributed by atoms with van der Waals surface area (Å²) < 4.78 is 11.8. The topological polar surface area (TPSA) is 94.2 Å². The van der Waals surface area contributed by atoms with Crippen LogP contribution >= 0.6 is 27.7 Å². The molecule has 2 aromatic rings. The maximum atomic E-state index is 13.3. The van der Waals surface area contributed by atoms with Crippen LogP contribution in [0.5, 0.6) is 11.5 Å². The van der Waals surface area contributed by atoms with Gasteiger partial charge in [-0.05, 0) is 90.8 Å². The summed E-state index contributed by atoms with van der Waals surface area (Å²) in [6.45, 7) is 8.07. The Balaban J connectivity index is 1.98. The summed E-state index contributed by atoms with van der Waals surface area (Å²) in [4.78, 5) is 31.6. The molecule has 34 heavy (non-hydrogen) atoms. The van der Waals surface area contributed by atoms with E-state index in [4.69, 9.17) is 20.2 Å². The van der Waals surface area contributed by atoms with Gasteiger partial charge in [0.25, 0.3) is 11.8 Å². The van der Waals surface area contributed by atoms with Gasteiger partial charge < -0.3 is 15.2 Å². The Kier molecular flexibility index (Phi) is 8.79. The van der Waals surface area contributed by atoms with Gasteiger partial charge in [0.1, 0.15) is 0 Å². The van der Waals surface area contributed by atoms with Crippen LogP contribution in [0.25, 0.3) is 6.08 Å². The molecule has 2 N–H and O–H groups in total. The molecular formula is C25H28BrN3O4S. The fourth-order valence-corrected chi connectivity index (χ4v) is 4.90. The molecule has 180 valence electrons. The van der Waals surface area contributed by atoms with Gasteiger partial charge in [0.05, 0.1) is 21.7 Å². The predicted molar refractivity (Wildman–Crippen MR) is 140 cm³/mol. The molecule has 1 aliphatic heterocycles. The third-order valence-corrected chi connectivity index (χ3v) is 6.69. The number of thioether (sulfide) groups is 1. The number of hydrogen-bond acceptors (Lipinski definition) is 6. The average Bonchev–Trinajstić information content (AvgIpc) is 3.08. The first-order chi connectivity index (χ1) is 16.2. The molecular weight excluding hydrogens is 518 g/mol. The number of nitrogens with zero attached hydrogens (tertiary/aromatic N) is 2. The number of primary amides is 1. The predicted octanol–water partition coefficient (Wildman–Crippen LogP) is 5.42. The van der Waals surface area contributed by atoms with E-state index in [-0.39, 0.29) is 18.6 Å². The van der Waals surface area contributed by atoms with Crippen molar-refractivity contribution >= 4 is 56.4 Å². The van der Waals surface area contributed by atoms with Crippen LogP contribution in [0.4, 0.5) is 5.69 Å². The standard InChI is InChI=1S/C25H28BrN3O4S/c1-5-16(4)29-24(31)21(34-25(29)28-18-9-7-15(3)8-10-18)13-17-11-19(26)23(33-14-22(27)30)20(12-17)32-6-2/h7-13,16H,5-6,14H2,1-4H3,(H2,27,30)/b21-13+,28-25?/t16-/m0/s1. The Labute approximate surface area is 212 Å². The van der Waals surface area contributed by atoms with E-state index >= 15 is 0 Å². The SMILES string of the molecule is CCOc1cc(/C=C2/SC(=Nc3ccc(C)cc3)N([C@@H](C)CC)C2=O)cc(Br)c1OCC(N)=O. The van der Waals surface area contributed by atoms with Gasteiger partial charge in [-0.3, -0.25) is 14.5 Å². The summed E-state index contributed by atoms with van der Waals surface area (Å²) in [6.07, 6.45) is 2.61. The van der Waals surface area contributed by atoms with Crippen molar-refractivity contribution in [3.8, 4) is 11.5 Å². The molecule has 1 fully saturated rings. The van der Waals surface area contributed by atoms with E-state index in [1.807, 2.05) is 64.1 Å². The Morgan fingerprint density at radius 3 is 2.56 bits per heavy atom. The second kappa shape index (κ2) is 11.6. The first-order valence-corrected chi connectivity index (χ1v) is 12.6. The number of hydrogen-bond donors (Lipinski definition) is 1. The molecule has 9 heteroatoms. The highest BCUT2D eigenvalue weighted by Gasteiger charge is 2.36. The van der Waals surface area contributed by atoms with Crippen LogP contribution < -0.4 is 15.2 Å². The third kappa shape index (κ3) is 6.21. The lowest BCUT2D eigenvalue weighted by atomic mass is 10.1. The van der Waals surface area contributed by atoms with Crippen molar-refractivity contribution in [1.29, 1.82) is 0 Å². The first kappa shape index (κ1) is 25.8. The zero-order valence-electron chi connectivity index (χ0n) is 19.6. The molecule has 1 atom stereocenters. The normalized spacial score (nSPS) is 16.9. The number of amides is 2. The summed E-state index contributed by atoms with van der Waals surface area (Å²) in [6, 6.07) is 11.5. The van der Waals surface area contributed by atoms with E-state index in [0.717, 1.165) is 23.2 Å². The van der Waals surface area contributed by atoms with Crippen LogP contribution in [0.3, 0.4) is 0 Å². The van der Waals surface area contributed by atoms with Crippen LogP contribution in [0.15, 0.2) is 50.8 Å². The lowest BCUT2D eigenvalue weighted by Gasteiger charge is -2.22. The summed E-state index contributed by atoms with van der Waals surface area (Å²) in [5.41, 5.74) is 7.90. The molecule has 3 rings (SSSR count). The number of ether oxygens (including phenoxy) is 2. The van der Waals surface area contributed by atoms with Gasteiger partial charge in [0.15, 0.2) is 23.3 Å². The monoisotopic (exact) mass is 545 g/mol. The molecule has 0 saturated carbocycles. The van der Waals surface area contributed by atoms with E-state index in [0.29, 0.717) is 32.7 Å². The molecule has 2 aromatic carbocycles. The number of rotatable bonds is 9. The molecule has 1 aliphatic rings. The van der Waals surface area contributed by atoms with E-state index in [1.54, 1.807) is 11.0 Å². The third-order valence-electron chi connectivity index (χ3n) is 5.12. The molecule has 0 radical (unpaired) electrons. The largest absolute Gasteiger partial charge is 0.490 e. The van der Waals surface area contributed by atoms with Crippen LogP contribution in [0, 0.1) is 6.92 Å². The van der Waals surface area contributed by atoms with Gasteiger partial charge in [-0.2, -0.15) is 0 Å². The van der Waals surface area contributed by atoms with Crippen LogP contribution in [0.1, 0.15) is 38.3 Å². The van der Waals surface area contributed by atoms with Crippen molar-refractivity contribution in [2.45, 2.75) is 40.2 Å². The van der Waals surface area contributed by atoms with Gasteiger partial charge in [-0.1, -0.05) is 24.6 Å². The minimum absolute atomic E-state index is 0.00500. The Morgan fingerprint density at radius 2 is 1.94 bits per heavy atom. The number of halogens is 1. The quantitative estimate of drug-likeness (QED) is 0.424. The minimum atomic E-state index is -0.584. The number of carbonyl (C=O) groups is 2. The zero-order valence-corrected chi connectivity index (χ0v) is 22.0. The van der Waals surface area contributed by atoms with Crippen molar-refractivity contribution in [3.05, 3.63) is 56.9 Å². The second-order valence-corrected chi connectivity index (χ2v) is 9.65. The second-order valence-electron chi connectivity index (χ2n) is 7.79. The lowest BCUT2D eigenvalue weighted by Crippen LogP contribution is -2.36. The zero-order chi connectivity index (χ0) is 24.8. The molecule has 1 saturated heterocycles. The van der Waals surface area contributed by atoms with Gasteiger partial charge in [-0.25, -0.2) is 4.99 Å². The van der Waals surface area contributed by atoms with E-state index in [9.17, 15) is 9.59 Å². The van der Waals surface area contributed by atoms with E-state index in [2.05, 4.69) is 15.9 Å². The number of nitrogens with two attached hydrogens (primary N) is 1. The average molecular weight is 546 g/mol. The van der Waals surface area contributed by atoms with Crippen molar-refractivity contribution in [2.75, 3.05) is 13.2 Å². The number of carbonyl (C=O) groups excluding carboxylic acids is 2. The number of aliphatic imine (C=N–C) groups is 1. The number of benzene rings is 2. The molecule has 0 unspecified atom stereocenters. The molecule has 1 heterocycles. The summed E-state index contributed by atoms with van der Waals surface area (Å²) in [5, 5.41) is 0.653. The highest BCUT2D eigenvalue weighted by atomic mass is 79.9. The lowest BCUT2D eigenvalue weighted by molar-refractivity contribution is -0.123. The Hall–Kier alpha value is -2.78. The fraction of sp³-hybridized carbons (Fsp3) is 0.320. The van der Waals surface area contributed by atoms with Crippen LogP contribution in [-0.2, 0) is 9.59 Å². The van der Waals surface area contributed by atoms with Crippen molar-refractivity contribution in [2.24, 2.45) is 10.7 Å². The van der Waals surface area contributed by atoms with Crippen LogP contribution in [-0.4, -0.2) is 41.1 Å². The van der Waals surface area contributed by atoms with Gasteiger partial charge in [0, 0.05) is 6.04 Å². The minimum Gasteiger partial charge on any atom is -0.490 e. The van der Waals surface area contributed by atoms with Crippen molar-refractivity contribution in [3.63, 3.8) is 0 Å². The molecule has 0 spiro atoms. The summed E-state index contributed by atoms with van der Waals surface area (Å²) in [7, 11) is 0. The molecule has 0 aromatic heterocycles. The Morgan fingerprint density at radius 1 is 1.24 bits per heavy atom. The molecule has 2 amide bonds. The number of amidine groups is 1. The fourth-order valence-electron chi connectivity index (χ4n) is 3.23. The smallest absolute Gasteiger partial charge is 0.266 e.